The molecule has 3 aliphatic rings. The van der Waals surface area contributed by atoms with E-state index in [-0.39, 0.29) is 0 Å². The van der Waals surface area contributed by atoms with Crippen molar-refractivity contribution >= 4 is 11.7 Å². The van der Waals surface area contributed by atoms with Crippen LogP contribution in [0.1, 0.15) is 24.0 Å². The minimum absolute atomic E-state index is 0.297. The summed E-state index contributed by atoms with van der Waals surface area (Å²) in [5, 5.41) is 0. The van der Waals surface area contributed by atoms with Crippen LogP contribution in [0.15, 0.2) is 42.9 Å². The van der Waals surface area contributed by atoms with Crippen LogP contribution in [-0.2, 0) is 14.9 Å². The van der Waals surface area contributed by atoms with E-state index in [1.165, 1.54) is 0 Å². The van der Waals surface area contributed by atoms with E-state index in [2.05, 4.69) is 38.8 Å². The number of amides is 1. The number of rotatable bonds is 3. The fourth-order valence-corrected chi connectivity index (χ4v) is 5.46. The van der Waals surface area contributed by atoms with Crippen LogP contribution in [0, 0.1) is 18.8 Å². The lowest BCUT2D eigenvalue weighted by molar-refractivity contribution is -0.140. The van der Waals surface area contributed by atoms with Crippen molar-refractivity contribution in [3.05, 3.63) is 54.0 Å². The Morgan fingerprint density at radius 2 is 1.76 bits per heavy atom. The summed E-state index contributed by atoms with van der Waals surface area (Å²) in [6.45, 7) is 7.00. The highest BCUT2D eigenvalue weighted by molar-refractivity contribution is 5.88. The predicted molar refractivity (Wildman–Crippen MR) is 111 cm³/mol. The molecule has 4 heterocycles. The summed E-state index contributed by atoms with van der Waals surface area (Å²) in [6, 6.07) is 10.3. The molecule has 152 valence electrons. The SMILES string of the molecule is Cc1cncnc1N1CC2CN(C(=O)C3(c4ccccc4)CCOCC3)CC2C1. The van der Waals surface area contributed by atoms with Gasteiger partial charge in [0.1, 0.15) is 12.1 Å². The molecule has 5 rings (SSSR count). The smallest absolute Gasteiger partial charge is 0.233 e. The summed E-state index contributed by atoms with van der Waals surface area (Å²) in [7, 11) is 0. The molecule has 0 spiro atoms. The molecule has 6 heteroatoms. The molecule has 0 radical (unpaired) electrons. The zero-order valence-corrected chi connectivity index (χ0v) is 17.0. The van der Waals surface area contributed by atoms with Crippen LogP contribution in [-0.4, -0.2) is 60.2 Å². The topological polar surface area (TPSA) is 58.6 Å². The number of hydrogen-bond acceptors (Lipinski definition) is 5. The third-order valence-electron chi connectivity index (χ3n) is 7.02. The van der Waals surface area contributed by atoms with Crippen LogP contribution >= 0.6 is 0 Å². The van der Waals surface area contributed by atoms with E-state index in [0.717, 1.165) is 56.0 Å². The van der Waals surface area contributed by atoms with Gasteiger partial charge in [-0.05, 0) is 25.3 Å². The number of carbonyl (C=O) groups excluding carboxylic acids is 1. The van der Waals surface area contributed by atoms with E-state index >= 15 is 0 Å². The normalized spacial score (nSPS) is 25.8. The highest BCUT2D eigenvalue weighted by Gasteiger charge is 2.49. The average molecular weight is 393 g/mol. The van der Waals surface area contributed by atoms with Gasteiger partial charge in [-0.3, -0.25) is 4.79 Å². The lowest BCUT2D eigenvalue weighted by atomic mass is 9.73. The quantitative estimate of drug-likeness (QED) is 0.803. The number of likely N-dealkylation sites (tertiary alicyclic amines) is 1. The monoisotopic (exact) mass is 392 g/mol. The summed E-state index contributed by atoms with van der Waals surface area (Å²) in [5.41, 5.74) is 1.83. The number of aryl methyl sites for hydroxylation is 1. The van der Waals surface area contributed by atoms with Gasteiger partial charge in [-0.15, -0.1) is 0 Å². The maximum Gasteiger partial charge on any atom is 0.233 e. The zero-order chi connectivity index (χ0) is 19.8. The van der Waals surface area contributed by atoms with Crippen molar-refractivity contribution in [2.45, 2.75) is 25.2 Å². The highest BCUT2D eigenvalue weighted by atomic mass is 16.5. The first-order valence-electron chi connectivity index (χ1n) is 10.6. The van der Waals surface area contributed by atoms with Gasteiger partial charge in [0.15, 0.2) is 0 Å². The molecule has 0 N–H and O–H groups in total. The molecule has 2 unspecified atom stereocenters. The molecule has 6 nitrogen and oxygen atoms in total. The van der Waals surface area contributed by atoms with E-state index in [1.54, 1.807) is 6.33 Å². The Morgan fingerprint density at radius 1 is 1.07 bits per heavy atom. The van der Waals surface area contributed by atoms with Crippen molar-refractivity contribution in [3.8, 4) is 0 Å². The largest absolute Gasteiger partial charge is 0.381 e. The van der Waals surface area contributed by atoms with Gasteiger partial charge in [0.05, 0.1) is 5.41 Å². The van der Waals surface area contributed by atoms with E-state index in [9.17, 15) is 4.79 Å². The Kier molecular flexibility index (Phi) is 4.74. The molecular weight excluding hydrogens is 364 g/mol. The fourth-order valence-electron chi connectivity index (χ4n) is 5.46. The highest BCUT2D eigenvalue weighted by Crippen LogP contribution is 2.40. The number of hydrogen-bond donors (Lipinski definition) is 0. The summed E-state index contributed by atoms with van der Waals surface area (Å²) in [6.07, 6.45) is 5.05. The fraction of sp³-hybridized carbons (Fsp3) is 0.522. The van der Waals surface area contributed by atoms with E-state index in [0.29, 0.717) is 31.0 Å². The van der Waals surface area contributed by atoms with Crippen molar-refractivity contribution in [2.24, 2.45) is 11.8 Å². The number of fused-ring (bicyclic) bond motifs is 1. The van der Waals surface area contributed by atoms with Gasteiger partial charge < -0.3 is 14.5 Å². The van der Waals surface area contributed by atoms with Crippen LogP contribution in [0.4, 0.5) is 5.82 Å². The molecule has 0 aliphatic carbocycles. The second-order valence-electron chi connectivity index (χ2n) is 8.73. The van der Waals surface area contributed by atoms with Crippen molar-refractivity contribution in [1.82, 2.24) is 14.9 Å². The van der Waals surface area contributed by atoms with E-state index in [1.807, 2.05) is 24.4 Å². The summed E-state index contributed by atoms with van der Waals surface area (Å²) < 4.78 is 5.62. The lowest BCUT2D eigenvalue weighted by Crippen LogP contribution is -2.50. The molecule has 3 aliphatic heterocycles. The van der Waals surface area contributed by atoms with Crippen molar-refractivity contribution in [1.29, 1.82) is 0 Å². The van der Waals surface area contributed by atoms with Gasteiger partial charge in [-0.25, -0.2) is 9.97 Å². The molecule has 0 bridgehead atoms. The first kappa shape index (κ1) is 18.6. The molecule has 29 heavy (non-hydrogen) atoms. The Balaban J connectivity index is 1.33. The summed E-state index contributed by atoms with van der Waals surface area (Å²) >= 11 is 0. The number of aromatic nitrogens is 2. The number of ether oxygens (including phenoxy) is 1. The molecule has 1 aromatic carbocycles. The molecular formula is C23H28N4O2. The molecule has 3 fully saturated rings. The van der Waals surface area contributed by atoms with Gasteiger partial charge in [-0.2, -0.15) is 0 Å². The Bertz CT molecular complexity index is 867. The number of carbonyl (C=O) groups is 1. The minimum Gasteiger partial charge on any atom is -0.381 e. The van der Waals surface area contributed by atoms with Crippen LogP contribution in [0.3, 0.4) is 0 Å². The molecule has 1 aromatic heterocycles. The van der Waals surface area contributed by atoms with Gasteiger partial charge in [0, 0.05) is 63.0 Å². The van der Waals surface area contributed by atoms with Crippen LogP contribution in [0.2, 0.25) is 0 Å². The van der Waals surface area contributed by atoms with Crippen molar-refractivity contribution < 1.29 is 9.53 Å². The predicted octanol–water partition coefficient (Wildman–Crippen LogP) is 2.43. The molecule has 2 atom stereocenters. The second kappa shape index (κ2) is 7.41. The first-order chi connectivity index (χ1) is 14.2. The third-order valence-corrected chi connectivity index (χ3v) is 7.02. The van der Waals surface area contributed by atoms with Crippen molar-refractivity contribution in [2.75, 3.05) is 44.3 Å². The first-order valence-corrected chi connectivity index (χ1v) is 10.6. The van der Waals surface area contributed by atoms with Gasteiger partial charge in [-0.1, -0.05) is 30.3 Å². The standard InChI is InChI=1S/C23H28N4O2/c1-17-11-24-16-25-21(17)26-12-18-14-27(15-19(18)13-26)22(28)23(7-9-29-10-8-23)20-5-3-2-4-6-20/h2-6,11,16,18-19H,7-10,12-15H2,1H3. The Morgan fingerprint density at radius 3 is 2.41 bits per heavy atom. The Labute approximate surface area is 171 Å². The van der Waals surface area contributed by atoms with E-state index in [4.69, 9.17) is 4.74 Å². The molecule has 2 aromatic rings. The summed E-state index contributed by atoms with van der Waals surface area (Å²) in [4.78, 5) is 26.9. The lowest BCUT2D eigenvalue weighted by Gasteiger charge is -2.39. The number of anilines is 1. The average Bonchev–Trinajstić information content (AvgIpc) is 3.34. The number of benzene rings is 1. The zero-order valence-electron chi connectivity index (χ0n) is 17.0. The van der Waals surface area contributed by atoms with Gasteiger partial charge >= 0.3 is 0 Å². The van der Waals surface area contributed by atoms with Crippen molar-refractivity contribution in [3.63, 3.8) is 0 Å². The van der Waals surface area contributed by atoms with E-state index < -0.39 is 5.41 Å². The Hall–Kier alpha value is -2.47. The van der Waals surface area contributed by atoms with Crippen LogP contribution < -0.4 is 4.90 Å². The van der Waals surface area contributed by atoms with Crippen LogP contribution in [0.5, 0.6) is 0 Å². The second-order valence-corrected chi connectivity index (χ2v) is 8.73. The van der Waals surface area contributed by atoms with Gasteiger partial charge in [0.2, 0.25) is 5.91 Å². The molecule has 3 saturated heterocycles. The summed E-state index contributed by atoms with van der Waals surface area (Å²) in [5.74, 6) is 2.37. The molecule has 0 saturated carbocycles. The molecule has 1 amide bonds. The van der Waals surface area contributed by atoms with Gasteiger partial charge in [0.25, 0.3) is 0 Å². The van der Waals surface area contributed by atoms with Crippen LogP contribution in [0.25, 0.3) is 0 Å². The maximum absolute atomic E-state index is 13.8. The maximum atomic E-state index is 13.8. The number of nitrogens with zero attached hydrogens (tertiary/aromatic N) is 4. The minimum atomic E-state index is -0.429. The third kappa shape index (κ3) is 3.19.